The fourth-order valence-corrected chi connectivity index (χ4v) is 11.6. The Morgan fingerprint density at radius 2 is 1.33 bits per heavy atom. The van der Waals surface area contributed by atoms with E-state index in [2.05, 4.69) is 92.9 Å². The maximum Gasteiger partial charge on any atom is 0.325 e. The number of ether oxygens (including phenoxy) is 2. The van der Waals surface area contributed by atoms with Crippen LogP contribution in [-0.4, -0.2) is 74.3 Å². The molecule has 3 aromatic carbocycles. The Morgan fingerprint density at radius 3 is 1.82 bits per heavy atom. The minimum Gasteiger partial charge on any atom is -0.468 e. The van der Waals surface area contributed by atoms with Gasteiger partial charge in [0.15, 0.2) is 0 Å². The highest BCUT2D eigenvalue weighted by molar-refractivity contribution is 8.76. The molecule has 0 spiro atoms. The summed E-state index contributed by atoms with van der Waals surface area (Å²) >= 11 is 0. The second-order valence-electron chi connectivity index (χ2n) is 10.1. The number of amides is 2. The van der Waals surface area contributed by atoms with E-state index >= 15 is 0 Å². The summed E-state index contributed by atoms with van der Waals surface area (Å²) in [5.41, 5.74) is 5.74. The SMILES string of the molecule is COC(=O)CNC(=O)C(CSSCCC[P+](c1ccccc1)(c1ccccc1)c1ccccc1)NC(=O)CCC(N)C(=O)OC. The second-order valence-corrected chi connectivity index (χ2v) is 16.3. The average molecular weight is 671 g/mol. The zero-order valence-corrected chi connectivity index (χ0v) is 28.1. The van der Waals surface area contributed by atoms with Crippen molar-refractivity contribution in [2.24, 2.45) is 5.73 Å². The van der Waals surface area contributed by atoms with E-state index in [0.29, 0.717) is 0 Å². The van der Waals surface area contributed by atoms with E-state index in [-0.39, 0.29) is 25.1 Å². The summed E-state index contributed by atoms with van der Waals surface area (Å²) < 4.78 is 9.21. The molecule has 0 heterocycles. The van der Waals surface area contributed by atoms with Crippen LogP contribution in [0, 0.1) is 0 Å². The number of benzene rings is 3. The van der Waals surface area contributed by atoms with Gasteiger partial charge < -0.3 is 25.8 Å². The van der Waals surface area contributed by atoms with Crippen molar-refractivity contribution < 1.29 is 28.7 Å². The summed E-state index contributed by atoms with van der Waals surface area (Å²) in [5.74, 6) is -1.02. The number of methoxy groups -OCH3 is 2. The molecule has 0 fully saturated rings. The van der Waals surface area contributed by atoms with E-state index in [9.17, 15) is 19.2 Å². The molecular formula is C33H41N3O6PS2+. The molecule has 9 nitrogen and oxygen atoms in total. The van der Waals surface area contributed by atoms with Crippen molar-refractivity contribution in [3.63, 3.8) is 0 Å². The summed E-state index contributed by atoms with van der Waals surface area (Å²) in [7, 11) is 3.64. The highest BCUT2D eigenvalue weighted by atomic mass is 33.1. The normalized spacial score (nSPS) is 12.4. The van der Waals surface area contributed by atoms with Gasteiger partial charge in [-0.25, -0.2) is 0 Å². The topological polar surface area (TPSA) is 137 Å². The van der Waals surface area contributed by atoms with Crippen LogP contribution >= 0.6 is 28.9 Å². The van der Waals surface area contributed by atoms with Crippen molar-refractivity contribution >= 4 is 68.5 Å². The van der Waals surface area contributed by atoms with Crippen molar-refractivity contribution in [1.29, 1.82) is 0 Å². The molecule has 0 bridgehead atoms. The molecule has 45 heavy (non-hydrogen) atoms. The monoisotopic (exact) mass is 670 g/mol. The molecule has 2 amide bonds. The van der Waals surface area contributed by atoms with E-state index in [1.54, 1.807) is 10.8 Å². The molecule has 0 saturated carbocycles. The van der Waals surface area contributed by atoms with Gasteiger partial charge in [-0.15, -0.1) is 0 Å². The number of nitrogens with two attached hydrogens (primary N) is 1. The van der Waals surface area contributed by atoms with Gasteiger partial charge in [-0.1, -0.05) is 76.2 Å². The predicted octanol–water partition coefficient (Wildman–Crippen LogP) is 2.81. The largest absolute Gasteiger partial charge is 0.468 e. The average Bonchev–Trinajstić information content (AvgIpc) is 3.09. The fraction of sp³-hybridized carbons (Fsp3) is 0.333. The molecule has 0 radical (unpaired) electrons. The molecule has 2 unspecified atom stereocenters. The first kappa shape index (κ1) is 36.1. The van der Waals surface area contributed by atoms with Gasteiger partial charge in [0.2, 0.25) is 11.8 Å². The standard InChI is InChI=1S/C33H40N3O6PS2/c1-41-31(38)23-35-32(39)29(36-30(37)20-19-28(34)33(40)42-2)24-45-44-22-12-21-43(25-13-6-3-7-14-25,26-15-8-4-9-16-26)27-17-10-5-11-18-27/h3-11,13-18,28-29H,12,19-24,34H2,1-2H3,(H-,35,36,37,39)/p+1. The minimum absolute atomic E-state index is 0.0564. The molecule has 12 heteroatoms. The van der Waals surface area contributed by atoms with Crippen LogP contribution in [0.1, 0.15) is 19.3 Å². The summed E-state index contributed by atoms with van der Waals surface area (Å²) in [4.78, 5) is 48.6. The Hall–Kier alpha value is -3.37. The molecule has 3 aromatic rings. The van der Waals surface area contributed by atoms with Crippen molar-refractivity contribution in [2.75, 3.05) is 38.4 Å². The van der Waals surface area contributed by atoms with Crippen LogP contribution in [0.5, 0.6) is 0 Å². The number of nitrogens with one attached hydrogen (secondary N) is 2. The van der Waals surface area contributed by atoms with Gasteiger partial charge in [0.1, 0.15) is 41.8 Å². The minimum atomic E-state index is -1.93. The van der Waals surface area contributed by atoms with Crippen LogP contribution in [0.15, 0.2) is 91.0 Å². The van der Waals surface area contributed by atoms with Gasteiger partial charge in [0, 0.05) is 17.9 Å². The Kier molecular flexibility index (Phi) is 15.4. The van der Waals surface area contributed by atoms with Crippen LogP contribution in [0.3, 0.4) is 0 Å². The Morgan fingerprint density at radius 1 is 0.800 bits per heavy atom. The molecule has 4 N–H and O–H groups in total. The summed E-state index contributed by atoms with van der Waals surface area (Å²) in [5, 5.41) is 9.22. The molecule has 2 atom stereocenters. The van der Waals surface area contributed by atoms with Crippen LogP contribution in [0.4, 0.5) is 0 Å². The van der Waals surface area contributed by atoms with Crippen LogP contribution in [-0.2, 0) is 28.7 Å². The molecule has 0 aliphatic carbocycles. The van der Waals surface area contributed by atoms with E-state index in [0.717, 1.165) is 18.3 Å². The third kappa shape index (κ3) is 10.9. The molecule has 0 aliphatic rings. The zero-order valence-electron chi connectivity index (χ0n) is 25.6. The van der Waals surface area contributed by atoms with Crippen LogP contribution < -0.4 is 32.3 Å². The maximum absolute atomic E-state index is 12.9. The van der Waals surface area contributed by atoms with Crippen molar-refractivity contribution in [2.45, 2.75) is 31.3 Å². The maximum atomic E-state index is 12.9. The highest BCUT2D eigenvalue weighted by Crippen LogP contribution is 2.56. The Bertz CT molecular complexity index is 1270. The highest BCUT2D eigenvalue weighted by Gasteiger charge is 2.44. The van der Waals surface area contributed by atoms with Crippen molar-refractivity contribution in [3.05, 3.63) is 91.0 Å². The number of carbonyl (C=O) groups excluding carboxylic acids is 4. The quantitative estimate of drug-likeness (QED) is 0.0808. The van der Waals surface area contributed by atoms with E-state index in [1.807, 2.05) is 18.2 Å². The molecule has 0 aromatic heterocycles. The van der Waals surface area contributed by atoms with E-state index in [1.165, 1.54) is 40.9 Å². The van der Waals surface area contributed by atoms with Crippen molar-refractivity contribution in [3.8, 4) is 0 Å². The zero-order chi connectivity index (χ0) is 32.5. The molecule has 3 rings (SSSR count). The van der Waals surface area contributed by atoms with E-state index in [4.69, 9.17) is 5.73 Å². The summed E-state index contributed by atoms with van der Waals surface area (Å²) in [6, 6.07) is 30.3. The number of carbonyl (C=O) groups is 4. The van der Waals surface area contributed by atoms with Gasteiger partial charge >= 0.3 is 11.9 Å². The summed E-state index contributed by atoms with van der Waals surface area (Å²) in [6.07, 6.45) is 1.92. The molecule has 0 aliphatic heterocycles. The van der Waals surface area contributed by atoms with Gasteiger partial charge in [-0.3, -0.25) is 19.2 Å². The first-order valence-electron chi connectivity index (χ1n) is 14.6. The number of hydrogen-bond acceptors (Lipinski definition) is 9. The fourth-order valence-electron chi connectivity index (χ4n) is 4.78. The molecular weight excluding hydrogens is 629 g/mol. The molecule has 0 saturated heterocycles. The predicted molar refractivity (Wildman–Crippen MR) is 186 cm³/mol. The third-order valence-corrected chi connectivity index (χ3v) is 14.1. The van der Waals surface area contributed by atoms with Gasteiger partial charge in [-0.2, -0.15) is 0 Å². The Labute approximate surface area is 273 Å². The van der Waals surface area contributed by atoms with Crippen molar-refractivity contribution in [1.82, 2.24) is 10.6 Å². The smallest absolute Gasteiger partial charge is 0.325 e. The van der Waals surface area contributed by atoms with Gasteiger partial charge in [0.25, 0.3) is 0 Å². The number of esters is 2. The van der Waals surface area contributed by atoms with E-state index < -0.39 is 43.1 Å². The summed E-state index contributed by atoms with van der Waals surface area (Å²) in [6.45, 7) is -0.309. The number of hydrogen-bond donors (Lipinski definition) is 3. The lowest BCUT2D eigenvalue weighted by atomic mass is 10.1. The first-order chi connectivity index (χ1) is 21.8. The third-order valence-electron chi connectivity index (χ3n) is 7.10. The van der Waals surface area contributed by atoms with Crippen LogP contribution in [0.25, 0.3) is 0 Å². The molecule has 240 valence electrons. The Balaban J connectivity index is 1.65. The second kappa shape index (κ2) is 19.2. The van der Waals surface area contributed by atoms with Gasteiger partial charge in [-0.05, 0) is 49.2 Å². The number of rotatable bonds is 18. The lowest BCUT2D eigenvalue weighted by molar-refractivity contribution is -0.142. The van der Waals surface area contributed by atoms with Crippen LogP contribution in [0.2, 0.25) is 0 Å². The first-order valence-corrected chi connectivity index (χ1v) is 19.0. The lowest BCUT2D eigenvalue weighted by Gasteiger charge is -2.27. The lowest BCUT2D eigenvalue weighted by Crippen LogP contribution is -2.49. The van der Waals surface area contributed by atoms with Gasteiger partial charge in [0.05, 0.1) is 20.4 Å².